The van der Waals surface area contributed by atoms with Gasteiger partial charge in [0, 0.05) is 18.5 Å². The highest BCUT2D eigenvalue weighted by Crippen LogP contribution is 2.31. The first-order chi connectivity index (χ1) is 7.13. The monoisotopic (exact) mass is 205 g/mol. The highest BCUT2D eigenvalue weighted by molar-refractivity contribution is 5.87. The van der Waals surface area contributed by atoms with Crippen LogP contribution < -0.4 is 0 Å². The van der Waals surface area contributed by atoms with Gasteiger partial charge in [-0.05, 0) is 6.08 Å². The molecule has 0 saturated heterocycles. The lowest BCUT2D eigenvalue weighted by Crippen LogP contribution is -2.31. The quantitative estimate of drug-likeness (QED) is 0.670. The molecule has 2 unspecified atom stereocenters. The molecule has 1 aliphatic carbocycles. The van der Waals surface area contributed by atoms with Gasteiger partial charge in [0.2, 0.25) is 0 Å². The average molecular weight is 205 g/mol. The lowest BCUT2D eigenvalue weighted by atomic mass is 9.93. The summed E-state index contributed by atoms with van der Waals surface area (Å²) in [5.74, 6) is -0.937. The van der Waals surface area contributed by atoms with E-state index < -0.39 is 5.97 Å². The largest absolute Gasteiger partial charge is 0.477 e. The molecule has 78 valence electrons. The number of fused-ring (bicyclic) bond motifs is 1. The Morgan fingerprint density at radius 3 is 2.87 bits per heavy atom. The Labute approximate surface area is 87.2 Å². The first-order valence-corrected chi connectivity index (χ1v) is 4.66. The number of aldehydes is 1. The third kappa shape index (κ3) is 1.48. The first kappa shape index (κ1) is 9.71. The van der Waals surface area contributed by atoms with Crippen LogP contribution in [0.3, 0.4) is 0 Å². The molecule has 0 aromatic heterocycles. The Balaban J connectivity index is 2.32. The van der Waals surface area contributed by atoms with Crippen LogP contribution in [0.1, 0.15) is 0 Å². The number of carbonyl (C=O) groups excluding carboxylic acids is 1. The van der Waals surface area contributed by atoms with Gasteiger partial charge in [-0.2, -0.15) is 0 Å². The molecule has 0 aromatic rings. The number of hydrogen-bond donors (Lipinski definition) is 1. The van der Waals surface area contributed by atoms with Gasteiger partial charge in [0.05, 0.1) is 6.04 Å². The molecular formula is C11H11NO3. The molecule has 4 nitrogen and oxygen atoms in total. The summed E-state index contributed by atoms with van der Waals surface area (Å²) < 4.78 is 0. The van der Waals surface area contributed by atoms with Gasteiger partial charge in [-0.1, -0.05) is 18.2 Å². The summed E-state index contributed by atoms with van der Waals surface area (Å²) in [6.45, 7) is 0. The third-order valence-corrected chi connectivity index (χ3v) is 2.80. The summed E-state index contributed by atoms with van der Waals surface area (Å²) in [5.41, 5.74) is 0.894. The van der Waals surface area contributed by atoms with Crippen molar-refractivity contribution in [3.05, 3.63) is 35.6 Å². The molecule has 0 bridgehead atoms. The Bertz CT molecular complexity index is 406. The van der Waals surface area contributed by atoms with E-state index in [2.05, 4.69) is 0 Å². The van der Waals surface area contributed by atoms with Crippen LogP contribution in [0.5, 0.6) is 0 Å². The van der Waals surface area contributed by atoms with E-state index in [1.807, 2.05) is 6.08 Å². The maximum Gasteiger partial charge on any atom is 0.351 e. The molecule has 0 fully saturated rings. The fourth-order valence-electron chi connectivity index (χ4n) is 2.01. The van der Waals surface area contributed by atoms with E-state index in [0.29, 0.717) is 5.57 Å². The number of carboxylic acid groups (broad SMARTS) is 1. The van der Waals surface area contributed by atoms with Gasteiger partial charge in [0.15, 0.2) is 0 Å². The van der Waals surface area contributed by atoms with Crippen molar-refractivity contribution >= 4 is 12.3 Å². The standard InChI is InChI=1S/C11H11NO3/c1-12-9-3-2-7(6-13)4-8(9)5-10(12)11(14)15/h2-6,8-9H,1H3,(H,14,15). The minimum atomic E-state index is -0.929. The molecule has 0 aromatic carbocycles. The normalized spacial score (nSPS) is 28.2. The van der Waals surface area contributed by atoms with Crippen molar-refractivity contribution < 1.29 is 14.7 Å². The Morgan fingerprint density at radius 1 is 1.53 bits per heavy atom. The maximum absolute atomic E-state index is 10.9. The van der Waals surface area contributed by atoms with Gasteiger partial charge >= 0.3 is 5.97 Å². The first-order valence-electron chi connectivity index (χ1n) is 4.66. The van der Waals surface area contributed by atoms with Gasteiger partial charge in [-0.25, -0.2) is 4.79 Å². The second-order valence-corrected chi connectivity index (χ2v) is 3.68. The third-order valence-electron chi connectivity index (χ3n) is 2.80. The number of carbonyl (C=O) groups is 2. The van der Waals surface area contributed by atoms with Gasteiger partial charge in [0.1, 0.15) is 12.0 Å². The second kappa shape index (κ2) is 3.38. The van der Waals surface area contributed by atoms with Crippen LogP contribution in [-0.4, -0.2) is 35.4 Å². The van der Waals surface area contributed by atoms with Crippen molar-refractivity contribution in [1.82, 2.24) is 4.90 Å². The van der Waals surface area contributed by atoms with Crippen LogP contribution in [0.4, 0.5) is 0 Å². The number of nitrogens with zero attached hydrogens (tertiary/aromatic N) is 1. The van der Waals surface area contributed by atoms with Gasteiger partial charge in [-0.15, -0.1) is 0 Å². The molecule has 1 aliphatic heterocycles. The lowest BCUT2D eigenvalue weighted by Gasteiger charge is -2.25. The molecule has 2 aliphatic rings. The van der Waals surface area contributed by atoms with Crippen molar-refractivity contribution in [2.45, 2.75) is 6.04 Å². The summed E-state index contributed by atoms with van der Waals surface area (Å²) in [6.07, 6.45) is 7.84. The van der Waals surface area contributed by atoms with Crippen LogP contribution in [0, 0.1) is 5.92 Å². The van der Waals surface area contributed by atoms with E-state index >= 15 is 0 Å². The number of likely N-dealkylation sites (N-methyl/N-ethyl adjacent to an activating group) is 1. The zero-order valence-electron chi connectivity index (χ0n) is 8.25. The molecule has 0 amide bonds. The molecule has 15 heavy (non-hydrogen) atoms. The SMILES string of the molecule is CN1C(C(=O)O)=CC2C=C(C=O)C=CC21. The van der Waals surface area contributed by atoms with Crippen molar-refractivity contribution in [1.29, 1.82) is 0 Å². The number of hydrogen-bond acceptors (Lipinski definition) is 3. The van der Waals surface area contributed by atoms with Crippen molar-refractivity contribution in [2.24, 2.45) is 5.92 Å². The number of allylic oxidation sites excluding steroid dienone is 2. The topological polar surface area (TPSA) is 57.6 Å². The van der Waals surface area contributed by atoms with Gasteiger partial charge < -0.3 is 10.0 Å². The summed E-state index contributed by atoms with van der Waals surface area (Å²) in [5, 5.41) is 8.93. The number of rotatable bonds is 2. The van der Waals surface area contributed by atoms with E-state index in [1.165, 1.54) is 0 Å². The molecule has 0 saturated carbocycles. The Hall–Kier alpha value is -1.84. The fourth-order valence-corrected chi connectivity index (χ4v) is 2.01. The predicted octanol–water partition coefficient (Wildman–Crippen LogP) is 0.580. The maximum atomic E-state index is 10.9. The van der Waals surface area contributed by atoms with E-state index in [0.717, 1.165) is 6.29 Å². The van der Waals surface area contributed by atoms with Crippen LogP contribution in [0.15, 0.2) is 35.6 Å². The van der Waals surface area contributed by atoms with E-state index in [-0.39, 0.29) is 17.7 Å². The molecule has 2 rings (SSSR count). The molecule has 4 heteroatoms. The summed E-state index contributed by atoms with van der Waals surface area (Å²) in [7, 11) is 1.74. The van der Waals surface area contributed by atoms with Gasteiger partial charge in [0.25, 0.3) is 0 Å². The smallest absolute Gasteiger partial charge is 0.351 e. The van der Waals surface area contributed by atoms with Crippen LogP contribution in [0.2, 0.25) is 0 Å². The van der Waals surface area contributed by atoms with Crippen LogP contribution in [0.25, 0.3) is 0 Å². The second-order valence-electron chi connectivity index (χ2n) is 3.68. The summed E-state index contributed by atoms with van der Waals surface area (Å²) in [6, 6.07) is 0.0276. The van der Waals surface area contributed by atoms with E-state index in [9.17, 15) is 9.59 Å². The number of aliphatic carboxylic acids is 1. The Morgan fingerprint density at radius 2 is 2.27 bits per heavy atom. The molecule has 1 N–H and O–H groups in total. The molecule has 0 spiro atoms. The van der Waals surface area contributed by atoms with Crippen LogP contribution in [-0.2, 0) is 9.59 Å². The molecule has 0 radical (unpaired) electrons. The Kier molecular flexibility index (Phi) is 2.19. The van der Waals surface area contributed by atoms with E-state index in [1.54, 1.807) is 30.2 Å². The zero-order valence-corrected chi connectivity index (χ0v) is 8.25. The minimum absolute atomic E-state index is 0.00806. The fraction of sp³-hybridized carbons (Fsp3) is 0.273. The summed E-state index contributed by atoms with van der Waals surface area (Å²) >= 11 is 0. The number of carboxylic acids is 1. The lowest BCUT2D eigenvalue weighted by molar-refractivity contribution is -0.134. The van der Waals surface area contributed by atoms with Gasteiger partial charge in [-0.3, -0.25) is 4.79 Å². The highest BCUT2D eigenvalue weighted by atomic mass is 16.4. The highest BCUT2D eigenvalue weighted by Gasteiger charge is 2.33. The average Bonchev–Trinajstić information content (AvgIpc) is 2.55. The van der Waals surface area contributed by atoms with E-state index in [4.69, 9.17) is 5.11 Å². The minimum Gasteiger partial charge on any atom is -0.477 e. The molecular weight excluding hydrogens is 194 g/mol. The molecule has 1 heterocycles. The van der Waals surface area contributed by atoms with Crippen molar-refractivity contribution in [3.8, 4) is 0 Å². The molecule has 2 atom stereocenters. The van der Waals surface area contributed by atoms with Crippen molar-refractivity contribution in [2.75, 3.05) is 7.05 Å². The zero-order chi connectivity index (χ0) is 11.0. The van der Waals surface area contributed by atoms with Crippen molar-refractivity contribution in [3.63, 3.8) is 0 Å². The summed E-state index contributed by atoms with van der Waals surface area (Å²) in [4.78, 5) is 23.2. The van der Waals surface area contributed by atoms with Crippen LogP contribution >= 0.6 is 0 Å². The predicted molar refractivity (Wildman–Crippen MR) is 54.0 cm³/mol.